The van der Waals surface area contributed by atoms with Crippen molar-refractivity contribution < 1.29 is 4.79 Å². The van der Waals surface area contributed by atoms with Gasteiger partial charge in [-0.2, -0.15) is 5.10 Å². The second kappa shape index (κ2) is 4.94. The topological polar surface area (TPSA) is 46.9 Å². The molecule has 4 nitrogen and oxygen atoms in total. The Hall–Kier alpha value is -1.62. The second-order valence-electron chi connectivity index (χ2n) is 4.21. The minimum atomic E-state index is -0.191. The van der Waals surface area contributed by atoms with Gasteiger partial charge in [-0.1, -0.05) is 15.9 Å². The third-order valence-electron chi connectivity index (χ3n) is 2.78. The number of hydrogen-bond acceptors (Lipinski definition) is 2. The number of aryl methyl sites for hydroxylation is 3. The number of aromatic nitrogens is 2. The summed E-state index contributed by atoms with van der Waals surface area (Å²) < 4.78 is 2.68. The van der Waals surface area contributed by atoms with Gasteiger partial charge in [-0.15, -0.1) is 0 Å². The highest BCUT2D eigenvalue weighted by molar-refractivity contribution is 9.10. The number of halogens is 1. The summed E-state index contributed by atoms with van der Waals surface area (Å²) in [6.45, 7) is 3.86. The summed E-state index contributed by atoms with van der Waals surface area (Å²) in [4.78, 5) is 12.0. The molecule has 94 valence electrons. The quantitative estimate of drug-likeness (QED) is 0.927. The van der Waals surface area contributed by atoms with E-state index in [4.69, 9.17) is 0 Å². The number of amides is 1. The molecule has 1 aromatic heterocycles. The standard InChI is InChI=1S/C13H14BrN3O/c1-8-6-10(14)4-5-11(8)15-13(18)12-7-9(2)17(3)16-12/h4-7H,1-3H3,(H,15,18). The zero-order chi connectivity index (χ0) is 13.3. The van der Waals surface area contributed by atoms with E-state index in [1.165, 1.54) is 0 Å². The molecule has 0 aliphatic heterocycles. The maximum atomic E-state index is 12.0. The van der Waals surface area contributed by atoms with Gasteiger partial charge < -0.3 is 5.32 Å². The molecule has 0 saturated heterocycles. The van der Waals surface area contributed by atoms with Gasteiger partial charge in [0.2, 0.25) is 0 Å². The average Bonchev–Trinajstić information content (AvgIpc) is 2.63. The van der Waals surface area contributed by atoms with Crippen LogP contribution in [0.5, 0.6) is 0 Å². The first-order valence-corrected chi connectivity index (χ1v) is 6.35. The van der Waals surface area contributed by atoms with Crippen LogP contribution in [0.2, 0.25) is 0 Å². The molecule has 0 fully saturated rings. The molecule has 0 unspecified atom stereocenters. The molecule has 18 heavy (non-hydrogen) atoms. The number of anilines is 1. The van der Waals surface area contributed by atoms with E-state index < -0.39 is 0 Å². The van der Waals surface area contributed by atoms with Crippen molar-refractivity contribution in [2.75, 3.05) is 5.32 Å². The fourth-order valence-corrected chi connectivity index (χ4v) is 2.10. The van der Waals surface area contributed by atoms with Crippen molar-refractivity contribution in [2.24, 2.45) is 7.05 Å². The molecule has 0 spiro atoms. The molecule has 2 aromatic rings. The van der Waals surface area contributed by atoms with E-state index in [0.717, 1.165) is 21.4 Å². The van der Waals surface area contributed by atoms with Gasteiger partial charge in [-0.3, -0.25) is 9.48 Å². The predicted octanol–water partition coefficient (Wildman–Crippen LogP) is 3.05. The summed E-state index contributed by atoms with van der Waals surface area (Å²) in [5, 5.41) is 7.01. The Morgan fingerprint density at radius 2 is 2.06 bits per heavy atom. The van der Waals surface area contributed by atoms with E-state index in [9.17, 15) is 4.79 Å². The van der Waals surface area contributed by atoms with Crippen LogP contribution in [-0.2, 0) is 7.05 Å². The molecule has 0 saturated carbocycles. The summed E-state index contributed by atoms with van der Waals surface area (Å²) in [6, 6.07) is 7.49. The van der Waals surface area contributed by atoms with E-state index in [-0.39, 0.29) is 5.91 Å². The van der Waals surface area contributed by atoms with Crippen molar-refractivity contribution in [1.29, 1.82) is 0 Å². The van der Waals surface area contributed by atoms with E-state index >= 15 is 0 Å². The zero-order valence-electron chi connectivity index (χ0n) is 10.5. The van der Waals surface area contributed by atoms with Crippen molar-refractivity contribution in [3.05, 3.63) is 45.7 Å². The largest absolute Gasteiger partial charge is 0.320 e. The zero-order valence-corrected chi connectivity index (χ0v) is 12.1. The first-order chi connectivity index (χ1) is 8.47. The molecule has 0 aliphatic carbocycles. The second-order valence-corrected chi connectivity index (χ2v) is 5.12. The minimum Gasteiger partial charge on any atom is -0.320 e. The fraction of sp³-hybridized carbons (Fsp3) is 0.231. The Labute approximate surface area is 114 Å². The number of hydrogen-bond donors (Lipinski definition) is 1. The Morgan fingerprint density at radius 3 is 2.61 bits per heavy atom. The molecule has 1 N–H and O–H groups in total. The van der Waals surface area contributed by atoms with Gasteiger partial charge in [0.1, 0.15) is 0 Å². The summed E-state index contributed by atoms with van der Waals surface area (Å²) >= 11 is 3.39. The van der Waals surface area contributed by atoms with Crippen molar-refractivity contribution in [2.45, 2.75) is 13.8 Å². The summed E-state index contributed by atoms with van der Waals surface area (Å²) in [5.74, 6) is -0.191. The lowest BCUT2D eigenvalue weighted by Crippen LogP contribution is -2.13. The Bertz CT molecular complexity index is 585. The molecule has 0 atom stereocenters. The van der Waals surface area contributed by atoms with Crippen molar-refractivity contribution in [1.82, 2.24) is 9.78 Å². The predicted molar refractivity (Wildman–Crippen MR) is 74.8 cm³/mol. The molecule has 0 aliphatic rings. The summed E-state index contributed by atoms with van der Waals surface area (Å²) in [7, 11) is 1.82. The fourth-order valence-electron chi connectivity index (χ4n) is 1.63. The highest BCUT2D eigenvalue weighted by Gasteiger charge is 2.12. The number of benzene rings is 1. The molecular formula is C13H14BrN3O. The first kappa shape index (κ1) is 12.8. The van der Waals surface area contributed by atoms with Crippen LogP contribution in [0.25, 0.3) is 0 Å². The van der Waals surface area contributed by atoms with Gasteiger partial charge in [0.25, 0.3) is 5.91 Å². The van der Waals surface area contributed by atoms with Crippen LogP contribution in [-0.4, -0.2) is 15.7 Å². The summed E-state index contributed by atoms with van der Waals surface area (Å²) in [6.07, 6.45) is 0. The Balaban J connectivity index is 2.21. The minimum absolute atomic E-state index is 0.191. The molecule has 1 aromatic carbocycles. The first-order valence-electron chi connectivity index (χ1n) is 5.55. The average molecular weight is 308 g/mol. The van der Waals surface area contributed by atoms with Gasteiger partial charge in [-0.25, -0.2) is 0 Å². The van der Waals surface area contributed by atoms with Gasteiger partial charge in [-0.05, 0) is 43.7 Å². The van der Waals surface area contributed by atoms with Crippen molar-refractivity contribution in [3.8, 4) is 0 Å². The molecular weight excluding hydrogens is 294 g/mol. The van der Waals surface area contributed by atoms with E-state index in [1.54, 1.807) is 10.7 Å². The van der Waals surface area contributed by atoms with Crippen LogP contribution >= 0.6 is 15.9 Å². The number of nitrogens with one attached hydrogen (secondary N) is 1. The molecule has 1 amide bonds. The van der Waals surface area contributed by atoms with E-state index in [0.29, 0.717) is 5.69 Å². The van der Waals surface area contributed by atoms with Gasteiger partial charge in [0.05, 0.1) is 0 Å². The van der Waals surface area contributed by atoms with Crippen LogP contribution in [0.15, 0.2) is 28.7 Å². The van der Waals surface area contributed by atoms with Crippen LogP contribution < -0.4 is 5.32 Å². The lowest BCUT2D eigenvalue weighted by Gasteiger charge is -2.07. The van der Waals surface area contributed by atoms with E-state index in [2.05, 4.69) is 26.3 Å². The smallest absolute Gasteiger partial charge is 0.276 e. The monoisotopic (exact) mass is 307 g/mol. The van der Waals surface area contributed by atoms with Crippen LogP contribution in [0.4, 0.5) is 5.69 Å². The highest BCUT2D eigenvalue weighted by atomic mass is 79.9. The number of carbonyl (C=O) groups excluding carboxylic acids is 1. The van der Waals surface area contributed by atoms with Crippen LogP contribution in [0.1, 0.15) is 21.7 Å². The third-order valence-corrected chi connectivity index (χ3v) is 3.28. The van der Waals surface area contributed by atoms with Gasteiger partial charge >= 0.3 is 0 Å². The van der Waals surface area contributed by atoms with Crippen molar-refractivity contribution in [3.63, 3.8) is 0 Å². The lowest BCUT2D eigenvalue weighted by atomic mass is 10.2. The van der Waals surface area contributed by atoms with Crippen LogP contribution in [0, 0.1) is 13.8 Å². The molecule has 0 radical (unpaired) electrons. The van der Waals surface area contributed by atoms with Crippen molar-refractivity contribution >= 4 is 27.5 Å². The molecule has 0 bridgehead atoms. The van der Waals surface area contributed by atoms with E-state index in [1.807, 2.05) is 39.1 Å². The summed E-state index contributed by atoms with van der Waals surface area (Å²) in [5.41, 5.74) is 3.18. The third kappa shape index (κ3) is 2.61. The molecule has 1 heterocycles. The van der Waals surface area contributed by atoms with Gasteiger partial charge in [0, 0.05) is 22.9 Å². The van der Waals surface area contributed by atoms with Crippen LogP contribution in [0.3, 0.4) is 0 Å². The molecule has 2 rings (SSSR count). The lowest BCUT2D eigenvalue weighted by molar-refractivity contribution is 0.102. The Morgan fingerprint density at radius 1 is 1.33 bits per heavy atom. The molecule has 5 heteroatoms. The van der Waals surface area contributed by atoms with Gasteiger partial charge in [0.15, 0.2) is 5.69 Å². The number of carbonyl (C=O) groups is 1. The normalized spacial score (nSPS) is 10.4. The maximum absolute atomic E-state index is 12.0. The number of nitrogens with zero attached hydrogens (tertiary/aromatic N) is 2. The highest BCUT2D eigenvalue weighted by Crippen LogP contribution is 2.20. The maximum Gasteiger partial charge on any atom is 0.276 e. The Kier molecular flexibility index (Phi) is 3.52. The SMILES string of the molecule is Cc1cc(Br)ccc1NC(=O)c1cc(C)n(C)n1. The number of rotatable bonds is 2.